The lowest BCUT2D eigenvalue weighted by atomic mass is 10.0. The Labute approximate surface area is 224 Å². The van der Waals surface area contributed by atoms with Gasteiger partial charge in [-0.3, -0.25) is 19.8 Å². The Kier molecular flexibility index (Phi) is 14.0. The van der Waals surface area contributed by atoms with E-state index in [0.717, 1.165) is 10.5 Å². The molecule has 3 atom stereocenters. The summed E-state index contributed by atoms with van der Waals surface area (Å²) in [6.45, 7) is 5.67. The Morgan fingerprint density at radius 3 is 2.32 bits per heavy atom. The summed E-state index contributed by atoms with van der Waals surface area (Å²) >= 11 is 0. The van der Waals surface area contributed by atoms with Crippen molar-refractivity contribution in [3.8, 4) is 0 Å². The van der Waals surface area contributed by atoms with Gasteiger partial charge in [0.15, 0.2) is 5.96 Å². The standard InChI is InChI=1S/C26H42N7O5/c1-26(2,3)38-25(37)33(19(17-34)12-7-8-14-27)23(36)21(16-18-10-5-4-6-11-18)32-22(35)20(28)13-9-15-31-24(29)30/h4-6,10-11,19-21H,7-9,12-16,27-28H2,1-3H3,(H,32,35)(H4,29,30,31)/t19-,20+,21-/m0/s1. The normalized spacial score (nSPS) is 13.5. The number of hydrogen-bond acceptors (Lipinski definition) is 8. The van der Waals surface area contributed by atoms with Crippen LogP contribution >= 0.6 is 0 Å². The van der Waals surface area contributed by atoms with Crippen LogP contribution in [0, 0.1) is 5.41 Å². The van der Waals surface area contributed by atoms with E-state index in [-0.39, 0.29) is 25.2 Å². The quantitative estimate of drug-likeness (QED) is 0.106. The van der Waals surface area contributed by atoms with Crippen molar-refractivity contribution < 1.29 is 23.9 Å². The van der Waals surface area contributed by atoms with Crippen LogP contribution in [0.3, 0.4) is 0 Å². The highest BCUT2D eigenvalue weighted by molar-refractivity contribution is 5.99. The van der Waals surface area contributed by atoms with Crippen LogP contribution in [0.4, 0.5) is 4.79 Å². The summed E-state index contributed by atoms with van der Waals surface area (Å²) in [4.78, 5) is 52.6. The van der Waals surface area contributed by atoms with Crippen LogP contribution in [0.2, 0.25) is 0 Å². The van der Waals surface area contributed by atoms with E-state index >= 15 is 0 Å². The fraction of sp³-hybridized carbons (Fsp3) is 0.577. The van der Waals surface area contributed by atoms with Crippen LogP contribution in [0.25, 0.3) is 0 Å². The second kappa shape index (κ2) is 16.4. The van der Waals surface area contributed by atoms with Crippen LogP contribution < -0.4 is 27.8 Å². The summed E-state index contributed by atoms with van der Waals surface area (Å²) in [5.41, 5.74) is 16.7. The SMILES string of the molecule is CC(C)(C)OC(=O)N(C(=O)[C@H](Cc1ccccc1)NC(=O)[C@H](N)CCCNC(=N)N)[C@H]([C]=O)CCCCN. The highest BCUT2D eigenvalue weighted by Gasteiger charge is 2.38. The summed E-state index contributed by atoms with van der Waals surface area (Å²) in [6, 6.07) is 5.56. The van der Waals surface area contributed by atoms with Crippen molar-refractivity contribution in [1.29, 1.82) is 5.41 Å². The molecule has 211 valence electrons. The fourth-order valence-corrected chi connectivity index (χ4v) is 3.58. The first-order valence-electron chi connectivity index (χ1n) is 12.7. The lowest BCUT2D eigenvalue weighted by Crippen LogP contribution is -2.58. The number of carbonyl (C=O) groups excluding carboxylic acids is 4. The summed E-state index contributed by atoms with van der Waals surface area (Å²) in [7, 11) is 0. The number of imide groups is 1. The van der Waals surface area contributed by atoms with Gasteiger partial charge >= 0.3 is 6.09 Å². The Balaban J connectivity index is 3.23. The molecule has 1 aromatic rings. The molecule has 0 aliphatic heterocycles. The molecule has 12 nitrogen and oxygen atoms in total. The molecule has 3 amide bonds. The molecule has 0 aliphatic carbocycles. The van der Waals surface area contributed by atoms with E-state index < -0.39 is 41.6 Å². The van der Waals surface area contributed by atoms with Crippen LogP contribution in [0.1, 0.15) is 58.4 Å². The predicted molar refractivity (Wildman–Crippen MR) is 145 cm³/mol. The van der Waals surface area contributed by atoms with Crippen molar-refractivity contribution in [3.63, 3.8) is 0 Å². The van der Waals surface area contributed by atoms with Crippen molar-refractivity contribution in [1.82, 2.24) is 15.5 Å². The highest BCUT2D eigenvalue weighted by atomic mass is 16.6. The van der Waals surface area contributed by atoms with Crippen LogP contribution in [-0.4, -0.2) is 71.9 Å². The summed E-state index contributed by atoms with van der Waals surface area (Å²) in [5.74, 6) is -1.59. The second-order valence-electron chi connectivity index (χ2n) is 9.95. The van der Waals surface area contributed by atoms with E-state index in [1.165, 1.54) is 0 Å². The molecule has 0 aliphatic rings. The van der Waals surface area contributed by atoms with E-state index in [1.807, 2.05) is 6.07 Å². The lowest BCUT2D eigenvalue weighted by molar-refractivity contribution is -0.137. The number of carbonyl (C=O) groups is 3. The minimum Gasteiger partial charge on any atom is -0.443 e. The van der Waals surface area contributed by atoms with E-state index in [0.29, 0.717) is 32.4 Å². The van der Waals surface area contributed by atoms with Crippen molar-refractivity contribution in [2.45, 2.75) is 83.0 Å². The summed E-state index contributed by atoms with van der Waals surface area (Å²) in [6.07, 6.45) is 2.78. The van der Waals surface area contributed by atoms with Gasteiger partial charge in [-0.15, -0.1) is 0 Å². The van der Waals surface area contributed by atoms with Crippen molar-refractivity contribution in [3.05, 3.63) is 35.9 Å². The molecule has 1 aromatic carbocycles. The Morgan fingerprint density at radius 1 is 1.11 bits per heavy atom. The molecule has 12 heteroatoms. The monoisotopic (exact) mass is 532 g/mol. The molecule has 38 heavy (non-hydrogen) atoms. The number of nitrogens with two attached hydrogens (primary N) is 3. The molecule has 9 N–H and O–H groups in total. The Bertz CT molecular complexity index is 920. The third-order valence-corrected chi connectivity index (χ3v) is 5.45. The van der Waals surface area contributed by atoms with Gasteiger partial charge in [0.05, 0.1) is 6.04 Å². The molecule has 0 heterocycles. The molecule has 0 spiro atoms. The van der Waals surface area contributed by atoms with Crippen LogP contribution in [0.15, 0.2) is 30.3 Å². The molecule has 0 aromatic heterocycles. The first kappa shape index (κ1) is 32.5. The molecular formula is C26H42N7O5. The minimum absolute atomic E-state index is 0.0533. The third kappa shape index (κ3) is 12.2. The molecule has 0 bridgehead atoms. The van der Waals surface area contributed by atoms with Gasteiger partial charge in [-0.2, -0.15) is 0 Å². The highest BCUT2D eigenvalue weighted by Crippen LogP contribution is 2.17. The molecule has 1 radical (unpaired) electrons. The maximum atomic E-state index is 13.8. The minimum atomic E-state index is -1.22. The van der Waals surface area contributed by atoms with Crippen molar-refractivity contribution in [2.24, 2.45) is 17.2 Å². The zero-order valence-electron chi connectivity index (χ0n) is 22.5. The average molecular weight is 533 g/mol. The van der Waals surface area contributed by atoms with Gasteiger partial charge in [0.25, 0.3) is 5.91 Å². The summed E-state index contributed by atoms with van der Waals surface area (Å²) < 4.78 is 5.44. The largest absolute Gasteiger partial charge is 0.443 e. The van der Waals surface area contributed by atoms with Gasteiger partial charge < -0.3 is 32.6 Å². The van der Waals surface area contributed by atoms with Crippen molar-refractivity contribution >= 4 is 30.2 Å². The Morgan fingerprint density at radius 2 is 1.76 bits per heavy atom. The van der Waals surface area contributed by atoms with Gasteiger partial charge in [0, 0.05) is 13.0 Å². The number of nitrogens with zero attached hydrogens (tertiary/aromatic N) is 1. The number of unbranched alkanes of at least 4 members (excludes halogenated alkanes) is 1. The first-order chi connectivity index (χ1) is 17.9. The number of benzene rings is 1. The number of nitrogens with one attached hydrogen (secondary N) is 3. The molecule has 0 saturated heterocycles. The van der Waals surface area contributed by atoms with Gasteiger partial charge in [0.2, 0.25) is 12.2 Å². The van der Waals surface area contributed by atoms with Gasteiger partial charge in [-0.1, -0.05) is 30.3 Å². The first-order valence-corrected chi connectivity index (χ1v) is 12.7. The maximum Gasteiger partial charge on any atom is 0.417 e. The van der Waals surface area contributed by atoms with E-state index in [9.17, 15) is 19.2 Å². The predicted octanol–water partition coefficient (Wildman–Crippen LogP) is 0.675. The van der Waals surface area contributed by atoms with Crippen LogP contribution in [-0.2, 0) is 25.5 Å². The number of amides is 3. The number of rotatable bonds is 15. The smallest absolute Gasteiger partial charge is 0.417 e. The number of ether oxygens (including phenoxy) is 1. The number of hydrogen-bond donors (Lipinski definition) is 6. The zero-order chi connectivity index (χ0) is 28.7. The topological polar surface area (TPSA) is 207 Å². The van der Waals surface area contributed by atoms with Gasteiger partial charge in [0.1, 0.15) is 17.7 Å². The second-order valence-corrected chi connectivity index (χ2v) is 9.95. The zero-order valence-corrected chi connectivity index (χ0v) is 22.5. The van der Waals surface area contributed by atoms with Crippen molar-refractivity contribution in [2.75, 3.05) is 13.1 Å². The molecule has 0 unspecified atom stereocenters. The molecule has 1 rings (SSSR count). The lowest BCUT2D eigenvalue weighted by Gasteiger charge is -2.32. The maximum absolute atomic E-state index is 13.8. The van der Waals surface area contributed by atoms with E-state index in [2.05, 4.69) is 10.6 Å². The van der Waals surface area contributed by atoms with Gasteiger partial charge in [-0.25, -0.2) is 9.69 Å². The van der Waals surface area contributed by atoms with E-state index in [4.69, 9.17) is 27.3 Å². The molecule has 0 fully saturated rings. The van der Waals surface area contributed by atoms with E-state index in [1.54, 1.807) is 51.3 Å². The molecular weight excluding hydrogens is 490 g/mol. The van der Waals surface area contributed by atoms with Gasteiger partial charge in [-0.05, 0) is 65.0 Å². The average Bonchev–Trinajstić information content (AvgIpc) is 2.84. The molecule has 0 saturated carbocycles. The Hall–Kier alpha value is -3.51. The summed E-state index contributed by atoms with van der Waals surface area (Å²) in [5, 5.41) is 12.5. The third-order valence-electron chi connectivity index (χ3n) is 5.45. The van der Waals surface area contributed by atoms with Crippen LogP contribution in [0.5, 0.6) is 0 Å². The fourth-order valence-electron chi connectivity index (χ4n) is 3.58. The number of guanidine groups is 1.